The molecule has 3 N–H and O–H groups in total. The second kappa shape index (κ2) is 6.71. The number of carbonyl (C=O) groups excluding carboxylic acids is 1. The monoisotopic (exact) mass is 307 g/mol. The summed E-state index contributed by atoms with van der Waals surface area (Å²) in [5.74, 6) is 1.23. The van der Waals surface area contributed by atoms with Gasteiger partial charge in [0.25, 0.3) is 0 Å². The summed E-state index contributed by atoms with van der Waals surface area (Å²) in [6, 6.07) is 1.69. The molecule has 2 rings (SSSR count). The summed E-state index contributed by atoms with van der Waals surface area (Å²) in [7, 11) is 0. The van der Waals surface area contributed by atoms with Crippen molar-refractivity contribution in [3.8, 4) is 0 Å². The molecule has 0 aliphatic heterocycles. The summed E-state index contributed by atoms with van der Waals surface area (Å²) in [5.41, 5.74) is 0. The van der Waals surface area contributed by atoms with Crippen LogP contribution in [0.1, 0.15) is 25.6 Å². The third-order valence-corrected chi connectivity index (χ3v) is 3.89. The van der Waals surface area contributed by atoms with Crippen LogP contribution in [0, 0.1) is 6.92 Å². The van der Waals surface area contributed by atoms with Gasteiger partial charge in [-0.3, -0.25) is 4.79 Å². The van der Waals surface area contributed by atoms with Crippen LogP contribution < -0.4 is 16.0 Å². The molecule has 2 aromatic heterocycles. The zero-order valence-electron chi connectivity index (χ0n) is 12.8. The van der Waals surface area contributed by atoms with Crippen LogP contribution in [-0.2, 0) is 4.79 Å². The summed E-state index contributed by atoms with van der Waals surface area (Å²) in [6.45, 7) is 9.13. The topological polar surface area (TPSA) is 78.9 Å². The number of fused-ring (bicyclic) bond motifs is 1. The standard InChI is InChI=1S/C14H21N5OS/c1-5-15-12(20)9(4)17-11-10-7-8(3)21-13(10)19-14(18-11)16-6-2/h7,9H,5-6H2,1-4H3,(H,15,20)(H2,16,17,18,19). The number of nitrogens with one attached hydrogen (secondary N) is 3. The number of aromatic nitrogens is 2. The lowest BCUT2D eigenvalue weighted by atomic mass is 10.3. The fourth-order valence-electron chi connectivity index (χ4n) is 1.99. The quantitative estimate of drug-likeness (QED) is 0.763. The number of anilines is 2. The molecule has 0 bridgehead atoms. The highest BCUT2D eigenvalue weighted by Gasteiger charge is 2.16. The van der Waals surface area contributed by atoms with Crippen LogP contribution in [0.15, 0.2) is 6.07 Å². The van der Waals surface area contributed by atoms with Crippen LogP contribution in [0.2, 0.25) is 0 Å². The van der Waals surface area contributed by atoms with Crippen molar-refractivity contribution in [2.45, 2.75) is 33.7 Å². The second-order valence-corrected chi connectivity index (χ2v) is 6.00. The Bertz CT molecular complexity index is 640. The van der Waals surface area contributed by atoms with E-state index in [1.54, 1.807) is 11.3 Å². The van der Waals surface area contributed by atoms with E-state index in [1.165, 1.54) is 4.88 Å². The van der Waals surface area contributed by atoms with Gasteiger partial charge in [-0.05, 0) is 33.8 Å². The van der Waals surface area contributed by atoms with E-state index in [-0.39, 0.29) is 11.9 Å². The summed E-state index contributed by atoms with van der Waals surface area (Å²) in [6.07, 6.45) is 0. The number of aryl methyl sites for hydroxylation is 1. The molecule has 2 heterocycles. The Kier molecular flexibility index (Phi) is 4.95. The van der Waals surface area contributed by atoms with Crippen molar-refractivity contribution in [3.63, 3.8) is 0 Å². The van der Waals surface area contributed by atoms with E-state index in [9.17, 15) is 4.79 Å². The van der Waals surface area contributed by atoms with E-state index >= 15 is 0 Å². The Hall–Kier alpha value is -1.89. The number of amides is 1. The molecule has 21 heavy (non-hydrogen) atoms. The van der Waals surface area contributed by atoms with Gasteiger partial charge in [0, 0.05) is 18.0 Å². The lowest BCUT2D eigenvalue weighted by Gasteiger charge is -2.15. The van der Waals surface area contributed by atoms with Gasteiger partial charge in [0.15, 0.2) is 0 Å². The molecule has 0 spiro atoms. The fraction of sp³-hybridized carbons (Fsp3) is 0.500. The summed E-state index contributed by atoms with van der Waals surface area (Å²) in [5, 5.41) is 10.1. The Balaban J connectivity index is 2.34. The van der Waals surface area contributed by atoms with E-state index < -0.39 is 0 Å². The molecule has 0 aliphatic rings. The first-order valence-corrected chi connectivity index (χ1v) is 7.93. The third-order valence-electron chi connectivity index (χ3n) is 2.95. The SMILES string of the molecule is CCNC(=O)C(C)Nc1nc(NCC)nc2sc(C)cc12. The smallest absolute Gasteiger partial charge is 0.242 e. The number of carbonyl (C=O) groups is 1. The maximum Gasteiger partial charge on any atom is 0.242 e. The normalized spacial score (nSPS) is 12.2. The third kappa shape index (κ3) is 3.60. The number of nitrogens with zero attached hydrogens (tertiary/aromatic N) is 2. The molecule has 1 amide bonds. The molecule has 114 valence electrons. The molecular formula is C14H21N5OS. The van der Waals surface area contributed by atoms with Gasteiger partial charge in [0.1, 0.15) is 16.7 Å². The number of rotatable bonds is 6. The molecular weight excluding hydrogens is 286 g/mol. The second-order valence-electron chi connectivity index (χ2n) is 4.76. The Morgan fingerprint density at radius 1 is 1.33 bits per heavy atom. The molecule has 0 aliphatic carbocycles. The van der Waals surface area contributed by atoms with E-state index in [1.807, 2.05) is 33.8 Å². The molecule has 0 radical (unpaired) electrons. The van der Waals surface area contributed by atoms with Crippen LogP contribution >= 0.6 is 11.3 Å². The van der Waals surface area contributed by atoms with Crippen LogP contribution in [0.25, 0.3) is 10.2 Å². The largest absolute Gasteiger partial charge is 0.358 e. The van der Waals surface area contributed by atoms with Gasteiger partial charge in [0.05, 0.1) is 5.39 Å². The summed E-state index contributed by atoms with van der Waals surface area (Å²) < 4.78 is 0. The lowest BCUT2D eigenvalue weighted by molar-refractivity contribution is -0.121. The van der Waals surface area contributed by atoms with Crippen LogP contribution in [0.3, 0.4) is 0 Å². The first-order chi connectivity index (χ1) is 10.0. The van der Waals surface area contributed by atoms with Gasteiger partial charge in [-0.15, -0.1) is 11.3 Å². The minimum Gasteiger partial charge on any atom is -0.358 e. The minimum absolute atomic E-state index is 0.0405. The average Bonchev–Trinajstić information content (AvgIpc) is 2.80. The highest BCUT2D eigenvalue weighted by molar-refractivity contribution is 7.18. The lowest BCUT2D eigenvalue weighted by Crippen LogP contribution is -2.37. The van der Waals surface area contributed by atoms with Gasteiger partial charge in [-0.25, -0.2) is 4.98 Å². The molecule has 0 saturated heterocycles. The highest BCUT2D eigenvalue weighted by Crippen LogP contribution is 2.29. The maximum atomic E-state index is 11.9. The van der Waals surface area contributed by atoms with Crippen molar-refractivity contribution in [1.29, 1.82) is 0 Å². The van der Waals surface area contributed by atoms with Crippen molar-refractivity contribution in [3.05, 3.63) is 10.9 Å². The molecule has 1 unspecified atom stereocenters. The molecule has 0 saturated carbocycles. The van der Waals surface area contributed by atoms with Crippen molar-refractivity contribution in [1.82, 2.24) is 15.3 Å². The Morgan fingerprint density at radius 2 is 2.10 bits per heavy atom. The Labute approximate surface area is 128 Å². The molecule has 1 atom stereocenters. The summed E-state index contributed by atoms with van der Waals surface area (Å²) in [4.78, 5) is 22.9. The number of hydrogen-bond acceptors (Lipinski definition) is 6. The van der Waals surface area contributed by atoms with E-state index in [0.29, 0.717) is 18.3 Å². The highest BCUT2D eigenvalue weighted by atomic mass is 32.1. The zero-order chi connectivity index (χ0) is 15.4. The van der Waals surface area contributed by atoms with Gasteiger partial charge in [-0.1, -0.05) is 0 Å². The van der Waals surface area contributed by atoms with Gasteiger partial charge >= 0.3 is 0 Å². The van der Waals surface area contributed by atoms with E-state index in [0.717, 1.165) is 16.8 Å². The average molecular weight is 307 g/mol. The van der Waals surface area contributed by atoms with Crippen molar-refractivity contribution >= 4 is 39.2 Å². The van der Waals surface area contributed by atoms with Gasteiger partial charge < -0.3 is 16.0 Å². The predicted molar refractivity (Wildman–Crippen MR) is 88.1 cm³/mol. The minimum atomic E-state index is -0.349. The first kappa shape index (κ1) is 15.5. The van der Waals surface area contributed by atoms with Crippen LogP contribution in [-0.4, -0.2) is 35.0 Å². The first-order valence-electron chi connectivity index (χ1n) is 7.11. The summed E-state index contributed by atoms with van der Waals surface area (Å²) >= 11 is 1.62. The molecule has 0 fully saturated rings. The van der Waals surface area contributed by atoms with E-state index in [4.69, 9.17) is 0 Å². The van der Waals surface area contributed by atoms with Crippen molar-refractivity contribution in [2.24, 2.45) is 0 Å². The van der Waals surface area contributed by atoms with Crippen molar-refractivity contribution < 1.29 is 4.79 Å². The molecule has 0 aromatic carbocycles. The Morgan fingerprint density at radius 3 is 2.76 bits per heavy atom. The molecule has 2 aromatic rings. The van der Waals surface area contributed by atoms with Gasteiger partial charge in [0.2, 0.25) is 11.9 Å². The zero-order valence-corrected chi connectivity index (χ0v) is 13.6. The molecule has 7 heteroatoms. The number of likely N-dealkylation sites (N-methyl/N-ethyl adjacent to an activating group) is 1. The van der Waals surface area contributed by atoms with Gasteiger partial charge in [-0.2, -0.15) is 4.98 Å². The predicted octanol–water partition coefficient (Wildman–Crippen LogP) is 2.37. The van der Waals surface area contributed by atoms with E-state index in [2.05, 4.69) is 25.9 Å². The number of hydrogen-bond donors (Lipinski definition) is 3. The van der Waals surface area contributed by atoms with Crippen LogP contribution in [0.4, 0.5) is 11.8 Å². The fourth-order valence-corrected chi connectivity index (χ4v) is 2.87. The maximum absolute atomic E-state index is 11.9. The van der Waals surface area contributed by atoms with Crippen molar-refractivity contribution in [2.75, 3.05) is 23.7 Å². The molecule has 6 nitrogen and oxygen atoms in total. The number of thiophene rings is 1. The van der Waals surface area contributed by atoms with Crippen LogP contribution in [0.5, 0.6) is 0 Å².